The van der Waals surface area contributed by atoms with E-state index >= 15 is 0 Å². The molecule has 3 aliphatic heterocycles. The van der Waals surface area contributed by atoms with Crippen LogP contribution in [0.5, 0.6) is 0 Å². The predicted octanol–water partition coefficient (Wildman–Crippen LogP) is 0.227. The van der Waals surface area contributed by atoms with E-state index in [0.717, 1.165) is 30.8 Å². The van der Waals surface area contributed by atoms with Gasteiger partial charge in [0.2, 0.25) is 11.8 Å². The molecule has 0 radical (unpaired) electrons. The van der Waals surface area contributed by atoms with Crippen molar-refractivity contribution >= 4 is 17.7 Å². The largest absolute Gasteiger partial charge is 0.326 e. The van der Waals surface area contributed by atoms with E-state index in [4.69, 9.17) is 5.73 Å². The summed E-state index contributed by atoms with van der Waals surface area (Å²) in [4.78, 5) is 40.1. The van der Waals surface area contributed by atoms with Crippen molar-refractivity contribution in [1.82, 2.24) is 15.1 Å². The molecule has 0 aliphatic carbocycles. The molecule has 7 heteroatoms. The summed E-state index contributed by atoms with van der Waals surface area (Å²) in [5.74, 6) is -0.273. The van der Waals surface area contributed by atoms with Crippen LogP contribution in [0, 0.1) is 5.92 Å². The highest BCUT2D eigenvalue weighted by atomic mass is 16.2. The second kappa shape index (κ2) is 6.48. The molecule has 3 amide bonds. The third-order valence-corrected chi connectivity index (χ3v) is 5.74. The van der Waals surface area contributed by atoms with Gasteiger partial charge < -0.3 is 10.6 Å². The minimum atomic E-state index is -0.562. The number of rotatable bonds is 3. The van der Waals surface area contributed by atoms with E-state index in [0.29, 0.717) is 24.4 Å². The molecule has 138 valence electrons. The van der Waals surface area contributed by atoms with Crippen molar-refractivity contribution in [3.05, 3.63) is 34.9 Å². The van der Waals surface area contributed by atoms with Crippen LogP contribution in [-0.2, 0) is 22.7 Å². The number of amides is 3. The molecule has 0 bridgehead atoms. The highest BCUT2D eigenvalue weighted by Crippen LogP contribution is 2.29. The van der Waals surface area contributed by atoms with E-state index in [2.05, 4.69) is 23.2 Å². The van der Waals surface area contributed by atoms with Crippen LogP contribution in [0.3, 0.4) is 0 Å². The van der Waals surface area contributed by atoms with E-state index in [1.165, 1.54) is 0 Å². The zero-order valence-electron chi connectivity index (χ0n) is 14.9. The van der Waals surface area contributed by atoms with E-state index < -0.39 is 6.04 Å². The summed E-state index contributed by atoms with van der Waals surface area (Å²) in [5, 5.41) is 2.33. The molecule has 4 rings (SSSR count). The maximum atomic E-state index is 12.7. The monoisotopic (exact) mass is 356 g/mol. The third-order valence-electron chi connectivity index (χ3n) is 5.74. The van der Waals surface area contributed by atoms with Gasteiger partial charge in [-0.3, -0.25) is 24.6 Å². The summed E-state index contributed by atoms with van der Waals surface area (Å²) >= 11 is 0. The molecule has 2 saturated heterocycles. The van der Waals surface area contributed by atoms with Gasteiger partial charge in [0, 0.05) is 44.2 Å². The van der Waals surface area contributed by atoms with E-state index in [-0.39, 0.29) is 30.2 Å². The lowest BCUT2D eigenvalue weighted by Gasteiger charge is -2.29. The number of piperidine rings is 1. The Morgan fingerprint density at radius 3 is 2.73 bits per heavy atom. The fourth-order valence-corrected chi connectivity index (χ4v) is 4.21. The highest BCUT2D eigenvalue weighted by Gasteiger charge is 2.39. The Labute approximate surface area is 152 Å². The Morgan fingerprint density at radius 1 is 1.23 bits per heavy atom. The van der Waals surface area contributed by atoms with Gasteiger partial charge in [0.25, 0.3) is 5.91 Å². The average molecular weight is 356 g/mol. The number of hydrogen-bond acceptors (Lipinski definition) is 5. The van der Waals surface area contributed by atoms with Crippen molar-refractivity contribution in [1.29, 1.82) is 0 Å². The van der Waals surface area contributed by atoms with Crippen LogP contribution in [0.1, 0.15) is 41.3 Å². The van der Waals surface area contributed by atoms with Crippen molar-refractivity contribution in [2.45, 2.75) is 44.9 Å². The van der Waals surface area contributed by atoms with Crippen molar-refractivity contribution in [3.8, 4) is 0 Å². The van der Waals surface area contributed by atoms with Crippen LogP contribution in [-0.4, -0.2) is 52.7 Å². The van der Waals surface area contributed by atoms with Crippen molar-refractivity contribution in [2.75, 3.05) is 13.1 Å². The van der Waals surface area contributed by atoms with Gasteiger partial charge in [-0.15, -0.1) is 0 Å². The zero-order chi connectivity index (χ0) is 18.4. The average Bonchev–Trinajstić information content (AvgIpc) is 3.07. The molecule has 26 heavy (non-hydrogen) atoms. The molecule has 3 heterocycles. The molecule has 1 aromatic rings. The van der Waals surface area contributed by atoms with E-state index in [9.17, 15) is 14.4 Å². The summed E-state index contributed by atoms with van der Waals surface area (Å²) in [6, 6.07) is 5.56. The van der Waals surface area contributed by atoms with Gasteiger partial charge in [-0.1, -0.05) is 19.1 Å². The SMILES string of the molecule is CC1CN(Cc2ccc3c(c2)CN(C2CCC(=O)NC2=O)C3=O)CC1N. The van der Waals surface area contributed by atoms with Gasteiger partial charge in [0.15, 0.2) is 0 Å². The molecule has 1 aromatic carbocycles. The quantitative estimate of drug-likeness (QED) is 0.756. The Hall–Kier alpha value is -2.25. The summed E-state index contributed by atoms with van der Waals surface area (Å²) in [5.41, 5.74) is 8.86. The Morgan fingerprint density at radius 2 is 2.04 bits per heavy atom. The highest BCUT2D eigenvalue weighted by molar-refractivity contribution is 6.05. The van der Waals surface area contributed by atoms with Crippen molar-refractivity contribution < 1.29 is 14.4 Å². The van der Waals surface area contributed by atoms with Gasteiger partial charge in [-0.2, -0.15) is 0 Å². The first kappa shape index (κ1) is 17.2. The number of likely N-dealkylation sites (tertiary alicyclic amines) is 1. The third kappa shape index (κ3) is 3.01. The molecule has 2 fully saturated rings. The Kier molecular flexibility index (Phi) is 4.28. The van der Waals surface area contributed by atoms with Gasteiger partial charge >= 0.3 is 0 Å². The number of benzene rings is 1. The molecule has 0 spiro atoms. The number of carbonyl (C=O) groups excluding carboxylic acids is 3. The Bertz CT molecular complexity index is 768. The second-order valence-electron chi connectivity index (χ2n) is 7.73. The lowest BCUT2D eigenvalue weighted by atomic mass is 10.0. The number of fused-ring (bicyclic) bond motifs is 1. The van der Waals surface area contributed by atoms with Gasteiger partial charge in [0.1, 0.15) is 6.04 Å². The maximum absolute atomic E-state index is 12.7. The van der Waals surface area contributed by atoms with Crippen LogP contribution in [0.15, 0.2) is 18.2 Å². The number of nitrogens with two attached hydrogens (primary N) is 1. The fraction of sp³-hybridized carbons (Fsp3) is 0.526. The van der Waals surface area contributed by atoms with Gasteiger partial charge in [-0.25, -0.2) is 0 Å². The molecular weight excluding hydrogens is 332 g/mol. The number of nitrogens with zero attached hydrogens (tertiary/aromatic N) is 2. The predicted molar refractivity (Wildman–Crippen MR) is 94.9 cm³/mol. The number of imide groups is 1. The fourth-order valence-electron chi connectivity index (χ4n) is 4.21. The van der Waals surface area contributed by atoms with Crippen LogP contribution >= 0.6 is 0 Å². The van der Waals surface area contributed by atoms with Crippen LogP contribution < -0.4 is 11.1 Å². The first-order valence-corrected chi connectivity index (χ1v) is 9.17. The molecule has 3 N–H and O–H groups in total. The summed E-state index contributed by atoms with van der Waals surface area (Å²) in [7, 11) is 0. The molecule has 3 aliphatic rings. The molecule has 3 atom stereocenters. The molecule has 7 nitrogen and oxygen atoms in total. The summed E-state index contributed by atoms with van der Waals surface area (Å²) in [6.07, 6.45) is 0.663. The minimum absolute atomic E-state index is 0.127. The second-order valence-corrected chi connectivity index (χ2v) is 7.73. The van der Waals surface area contributed by atoms with Crippen molar-refractivity contribution in [2.24, 2.45) is 11.7 Å². The Balaban J connectivity index is 1.48. The molecular formula is C19H24N4O3. The van der Waals surface area contributed by atoms with Crippen LogP contribution in [0.2, 0.25) is 0 Å². The zero-order valence-corrected chi connectivity index (χ0v) is 14.9. The standard InChI is InChI=1S/C19H24N4O3/c1-11-7-22(10-15(11)20)8-12-2-3-14-13(6-12)9-23(19(14)26)16-4-5-17(24)21-18(16)25/h2-3,6,11,15-16H,4-5,7-10,20H2,1H3,(H,21,24,25). The smallest absolute Gasteiger partial charge is 0.255 e. The van der Waals surface area contributed by atoms with Gasteiger partial charge in [-0.05, 0) is 29.5 Å². The number of hydrogen-bond donors (Lipinski definition) is 2. The number of nitrogens with one attached hydrogen (secondary N) is 1. The molecule has 0 aromatic heterocycles. The van der Waals surface area contributed by atoms with E-state index in [1.54, 1.807) is 4.90 Å². The number of carbonyl (C=O) groups is 3. The first-order chi connectivity index (χ1) is 12.4. The molecule has 0 saturated carbocycles. The topological polar surface area (TPSA) is 95.7 Å². The normalized spacial score (nSPS) is 29.2. The first-order valence-electron chi connectivity index (χ1n) is 9.17. The summed E-state index contributed by atoms with van der Waals surface area (Å²) < 4.78 is 0. The lowest BCUT2D eigenvalue weighted by Crippen LogP contribution is -2.52. The maximum Gasteiger partial charge on any atom is 0.255 e. The molecule has 3 unspecified atom stereocenters. The lowest BCUT2D eigenvalue weighted by molar-refractivity contribution is -0.136. The summed E-state index contributed by atoms with van der Waals surface area (Å²) in [6.45, 7) is 5.28. The van der Waals surface area contributed by atoms with Gasteiger partial charge in [0.05, 0.1) is 0 Å². The van der Waals surface area contributed by atoms with Crippen LogP contribution in [0.4, 0.5) is 0 Å². The van der Waals surface area contributed by atoms with Crippen LogP contribution in [0.25, 0.3) is 0 Å². The van der Waals surface area contributed by atoms with E-state index in [1.807, 2.05) is 12.1 Å². The minimum Gasteiger partial charge on any atom is -0.326 e. The van der Waals surface area contributed by atoms with Crippen molar-refractivity contribution in [3.63, 3.8) is 0 Å².